The Kier molecular flexibility index (Phi) is 2.17. The number of aromatic nitrogens is 3. The third-order valence-corrected chi connectivity index (χ3v) is 4.40. The van der Waals surface area contributed by atoms with Crippen LogP contribution in [0.2, 0.25) is 5.15 Å². The first kappa shape index (κ1) is 9.84. The summed E-state index contributed by atoms with van der Waals surface area (Å²) in [5.41, 5.74) is 2.13. The van der Waals surface area contributed by atoms with Crippen LogP contribution < -0.4 is 0 Å². The van der Waals surface area contributed by atoms with Gasteiger partial charge >= 0.3 is 0 Å². The minimum absolute atomic E-state index is 0.542. The highest BCUT2D eigenvalue weighted by molar-refractivity contribution is 14.1. The van der Waals surface area contributed by atoms with E-state index in [-0.39, 0.29) is 0 Å². The van der Waals surface area contributed by atoms with Crippen molar-refractivity contribution in [1.29, 1.82) is 0 Å². The second-order valence-electron chi connectivity index (χ2n) is 4.06. The van der Waals surface area contributed by atoms with Gasteiger partial charge in [-0.15, -0.1) is 0 Å². The predicted molar refractivity (Wildman–Crippen MR) is 68.1 cm³/mol. The molecule has 1 unspecified atom stereocenters. The molecule has 3 rings (SSSR count). The third-order valence-electron chi connectivity index (χ3n) is 2.99. The summed E-state index contributed by atoms with van der Waals surface area (Å²) in [6, 6.07) is 0. The molecule has 15 heavy (non-hydrogen) atoms. The van der Waals surface area contributed by atoms with Gasteiger partial charge in [0.25, 0.3) is 0 Å². The average molecular weight is 334 g/mol. The van der Waals surface area contributed by atoms with Crippen molar-refractivity contribution < 1.29 is 0 Å². The molecule has 3 nitrogen and oxygen atoms in total. The van der Waals surface area contributed by atoms with Crippen molar-refractivity contribution in [2.75, 3.05) is 0 Å². The first-order chi connectivity index (χ1) is 7.18. The van der Waals surface area contributed by atoms with Crippen LogP contribution in [0.4, 0.5) is 0 Å². The van der Waals surface area contributed by atoms with E-state index < -0.39 is 0 Å². The predicted octanol–water partition coefficient (Wildman–Crippen LogP) is 3.34. The molecule has 1 fully saturated rings. The summed E-state index contributed by atoms with van der Waals surface area (Å²) < 4.78 is 1.18. The lowest BCUT2D eigenvalue weighted by Crippen LogP contribution is -1.83. The number of rotatable bonds is 1. The van der Waals surface area contributed by atoms with Gasteiger partial charge in [0.2, 0.25) is 0 Å². The van der Waals surface area contributed by atoms with Crippen LogP contribution >= 0.6 is 34.2 Å². The van der Waals surface area contributed by atoms with Crippen LogP contribution in [0.1, 0.15) is 25.0 Å². The van der Waals surface area contributed by atoms with Crippen LogP contribution in [0, 0.1) is 9.49 Å². The van der Waals surface area contributed by atoms with E-state index in [0.717, 1.165) is 17.0 Å². The summed E-state index contributed by atoms with van der Waals surface area (Å²) >= 11 is 8.39. The van der Waals surface area contributed by atoms with Gasteiger partial charge in [0, 0.05) is 15.2 Å². The first-order valence-electron chi connectivity index (χ1n) is 4.86. The van der Waals surface area contributed by atoms with Gasteiger partial charge in [0.05, 0.1) is 5.39 Å². The number of nitrogens with one attached hydrogen (secondary N) is 1. The van der Waals surface area contributed by atoms with Crippen LogP contribution in [0.5, 0.6) is 0 Å². The minimum atomic E-state index is 0.542. The molecular weight excluding hydrogens is 324 g/mol. The maximum atomic E-state index is 6.06. The average Bonchev–Trinajstić information content (AvgIpc) is 2.81. The summed E-state index contributed by atoms with van der Waals surface area (Å²) in [6.45, 7) is 2.26. The maximum absolute atomic E-state index is 6.06. The fraction of sp³-hybridized carbons (Fsp3) is 0.400. The summed E-state index contributed by atoms with van der Waals surface area (Å²) in [5.74, 6) is 1.43. The van der Waals surface area contributed by atoms with Crippen LogP contribution in [0.3, 0.4) is 0 Å². The topological polar surface area (TPSA) is 41.6 Å². The van der Waals surface area contributed by atoms with Crippen molar-refractivity contribution in [2.24, 2.45) is 5.92 Å². The minimum Gasteiger partial charge on any atom is -0.342 e. The fourth-order valence-electron chi connectivity index (χ4n) is 1.95. The number of hydrogen-bond donors (Lipinski definition) is 1. The Morgan fingerprint density at radius 1 is 1.53 bits per heavy atom. The van der Waals surface area contributed by atoms with Gasteiger partial charge in [-0.3, -0.25) is 0 Å². The lowest BCUT2D eigenvalue weighted by Gasteiger charge is -1.94. The van der Waals surface area contributed by atoms with Gasteiger partial charge in [0.1, 0.15) is 17.1 Å². The molecule has 2 atom stereocenters. The molecule has 0 bridgehead atoms. The Morgan fingerprint density at radius 2 is 2.27 bits per heavy atom. The Balaban J connectivity index is 2.25. The van der Waals surface area contributed by atoms with Gasteiger partial charge < -0.3 is 4.98 Å². The highest BCUT2D eigenvalue weighted by Gasteiger charge is 2.37. The second-order valence-corrected chi connectivity index (χ2v) is 5.50. The van der Waals surface area contributed by atoms with Crippen molar-refractivity contribution in [2.45, 2.75) is 19.3 Å². The molecule has 2 aromatic rings. The lowest BCUT2D eigenvalue weighted by atomic mass is 10.2. The zero-order chi connectivity index (χ0) is 10.6. The zero-order valence-electron chi connectivity index (χ0n) is 8.09. The normalized spacial score (nSPS) is 24.7. The van der Waals surface area contributed by atoms with Crippen LogP contribution in [0.25, 0.3) is 11.0 Å². The Morgan fingerprint density at radius 3 is 2.87 bits per heavy atom. The smallest absolute Gasteiger partial charge is 0.143 e. The van der Waals surface area contributed by atoms with Gasteiger partial charge in [-0.1, -0.05) is 18.5 Å². The van der Waals surface area contributed by atoms with Gasteiger partial charge in [0.15, 0.2) is 0 Å². The number of H-pyrrole nitrogens is 1. The van der Waals surface area contributed by atoms with Crippen LogP contribution in [-0.4, -0.2) is 15.0 Å². The first-order valence-corrected chi connectivity index (χ1v) is 6.31. The molecule has 1 aliphatic rings. The molecule has 1 saturated carbocycles. The van der Waals surface area contributed by atoms with Crippen molar-refractivity contribution in [1.82, 2.24) is 15.0 Å². The third kappa shape index (κ3) is 1.45. The standard InChI is InChI=1S/C10H9ClIN3/c1-4-2-5(4)8-7(12)6-9(11)13-3-14-10(6)15-8/h3-5H,2H2,1H3,(H,13,14,15)/t4?,5-/m0/s1. The fourth-order valence-corrected chi connectivity index (χ4v) is 3.38. The molecule has 78 valence electrons. The molecule has 1 N–H and O–H groups in total. The number of fused-ring (bicyclic) bond motifs is 1. The molecule has 2 aromatic heterocycles. The molecule has 2 heterocycles. The van der Waals surface area contributed by atoms with E-state index in [1.54, 1.807) is 0 Å². The summed E-state index contributed by atoms with van der Waals surface area (Å²) in [5, 5.41) is 1.51. The number of nitrogens with zero attached hydrogens (tertiary/aromatic N) is 2. The van der Waals surface area contributed by atoms with Crippen molar-refractivity contribution in [3.63, 3.8) is 0 Å². The van der Waals surface area contributed by atoms with E-state index in [9.17, 15) is 0 Å². The van der Waals surface area contributed by atoms with Crippen molar-refractivity contribution in [3.05, 3.63) is 20.7 Å². The van der Waals surface area contributed by atoms with Crippen molar-refractivity contribution in [3.8, 4) is 0 Å². The Bertz CT molecular complexity index is 537. The van der Waals surface area contributed by atoms with E-state index in [1.165, 1.54) is 22.0 Å². The number of halogens is 2. The SMILES string of the molecule is CC1C[C@@H]1c1[nH]c2ncnc(Cl)c2c1I. The molecule has 0 aromatic carbocycles. The molecule has 0 aliphatic heterocycles. The maximum Gasteiger partial charge on any atom is 0.143 e. The van der Waals surface area contributed by atoms with E-state index in [0.29, 0.717) is 11.1 Å². The summed E-state index contributed by atoms with van der Waals surface area (Å²) in [4.78, 5) is 11.6. The van der Waals surface area contributed by atoms with E-state index in [4.69, 9.17) is 11.6 Å². The quantitative estimate of drug-likeness (QED) is 0.642. The lowest BCUT2D eigenvalue weighted by molar-refractivity contribution is 0.891. The molecule has 0 amide bonds. The highest BCUT2D eigenvalue weighted by Crippen LogP contribution is 2.49. The Labute approximate surface area is 106 Å². The molecule has 1 aliphatic carbocycles. The number of hydrogen-bond acceptors (Lipinski definition) is 2. The van der Waals surface area contributed by atoms with Gasteiger partial charge in [-0.2, -0.15) is 0 Å². The summed E-state index contributed by atoms with van der Waals surface area (Å²) in [6.07, 6.45) is 2.76. The molecular formula is C10H9ClIN3. The molecule has 0 radical (unpaired) electrons. The van der Waals surface area contributed by atoms with Gasteiger partial charge in [-0.05, 0) is 34.9 Å². The van der Waals surface area contributed by atoms with E-state index >= 15 is 0 Å². The molecule has 5 heteroatoms. The molecule has 0 saturated heterocycles. The van der Waals surface area contributed by atoms with Crippen LogP contribution in [0.15, 0.2) is 6.33 Å². The second kappa shape index (κ2) is 3.31. The number of aromatic amines is 1. The molecule has 0 spiro atoms. The van der Waals surface area contributed by atoms with Crippen LogP contribution in [-0.2, 0) is 0 Å². The van der Waals surface area contributed by atoms with E-state index in [2.05, 4.69) is 44.5 Å². The van der Waals surface area contributed by atoms with Crippen molar-refractivity contribution >= 4 is 45.2 Å². The highest BCUT2D eigenvalue weighted by atomic mass is 127. The largest absolute Gasteiger partial charge is 0.342 e. The summed E-state index contributed by atoms with van der Waals surface area (Å²) in [7, 11) is 0. The van der Waals surface area contributed by atoms with Gasteiger partial charge in [-0.25, -0.2) is 9.97 Å². The Hall–Kier alpha value is -0.360. The monoisotopic (exact) mass is 333 g/mol. The zero-order valence-corrected chi connectivity index (χ0v) is 11.0. The van der Waals surface area contributed by atoms with E-state index in [1.807, 2.05) is 0 Å².